The third kappa shape index (κ3) is 5.96. The molecular formula is C31H44F3N3O4. The Kier molecular flexibility index (Phi) is 8.63. The molecule has 7 nitrogen and oxygen atoms in total. The Hall–Kier alpha value is -2.33. The highest BCUT2D eigenvalue weighted by molar-refractivity contribution is 5.84. The standard InChI is InChI=1S/C31H44F3N3O4/c1-20-16-36(24-6-4-5-7-24)19-30(20,2)29(40)37-17-22(14-25(37)18-41-3)26-9-8-23(31(32,33)34)15-27(26)35-12-10-21(11-13-35)28(38)39/h8-9,15,20-22,24-25H,4-7,10-14,16-19H2,1-3H3,(H,38,39)/t20-,22-,25+,30-/m1/s1. The zero-order chi connectivity index (χ0) is 29.5. The van der Waals surface area contributed by atoms with Gasteiger partial charge in [0.25, 0.3) is 0 Å². The van der Waals surface area contributed by atoms with Crippen LogP contribution in [0.4, 0.5) is 18.9 Å². The van der Waals surface area contributed by atoms with Gasteiger partial charge in [0, 0.05) is 57.5 Å². The Bertz CT molecular complexity index is 1120. The predicted molar refractivity (Wildman–Crippen MR) is 150 cm³/mol. The van der Waals surface area contributed by atoms with Crippen molar-refractivity contribution in [1.29, 1.82) is 0 Å². The molecule has 3 saturated heterocycles. The van der Waals surface area contributed by atoms with Crippen molar-refractivity contribution in [3.05, 3.63) is 29.3 Å². The quantitative estimate of drug-likeness (QED) is 0.477. The van der Waals surface area contributed by atoms with Gasteiger partial charge < -0.3 is 19.6 Å². The van der Waals surface area contributed by atoms with E-state index in [-0.39, 0.29) is 23.8 Å². The van der Waals surface area contributed by atoms with Gasteiger partial charge in [-0.1, -0.05) is 25.8 Å². The minimum absolute atomic E-state index is 0.116. The summed E-state index contributed by atoms with van der Waals surface area (Å²) in [5.41, 5.74) is 0.0631. The number of carboxylic acids is 1. The summed E-state index contributed by atoms with van der Waals surface area (Å²) in [4.78, 5) is 32.1. The second-order valence-electron chi connectivity index (χ2n) is 13.1. The van der Waals surface area contributed by atoms with E-state index in [0.717, 1.165) is 24.7 Å². The number of carbonyl (C=O) groups is 2. The third-order valence-electron chi connectivity index (χ3n) is 10.5. The zero-order valence-corrected chi connectivity index (χ0v) is 24.5. The van der Waals surface area contributed by atoms with Crippen molar-refractivity contribution in [2.45, 2.75) is 83.0 Å². The van der Waals surface area contributed by atoms with E-state index in [0.29, 0.717) is 57.2 Å². The molecule has 4 aliphatic rings. The molecule has 0 aromatic heterocycles. The number of ether oxygens (including phenoxy) is 1. The SMILES string of the molecule is COC[C@@H]1C[C@@H](c2ccc(C(F)(F)F)cc2N2CCC(C(=O)O)CC2)CN1C(=O)[C@]1(C)CN(C2CCCC2)C[C@H]1C. The summed E-state index contributed by atoms with van der Waals surface area (Å²) in [7, 11) is 1.62. The molecule has 3 heterocycles. The number of rotatable bonds is 7. The van der Waals surface area contributed by atoms with Gasteiger partial charge in [-0.2, -0.15) is 13.2 Å². The van der Waals surface area contributed by atoms with Crippen LogP contribution in [-0.4, -0.2) is 85.3 Å². The number of anilines is 1. The van der Waals surface area contributed by atoms with Gasteiger partial charge in [0.2, 0.25) is 5.91 Å². The molecule has 228 valence electrons. The minimum Gasteiger partial charge on any atom is -0.481 e. The van der Waals surface area contributed by atoms with E-state index in [1.54, 1.807) is 13.2 Å². The Morgan fingerprint density at radius 2 is 1.78 bits per heavy atom. The lowest BCUT2D eigenvalue weighted by Gasteiger charge is -2.36. The fourth-order valence-corrected chi connectivity index (χ4v) is 7.80. The molecule has 4 atom stereocenters. The summed E-state index contributed by atoms with van der Waals surface area (Å²) in [6.45, 7) is 7.48. The van der Waals surface area contributed by atoms with Gasteiger partial charge in [-0.15, -0.1) is 0 Å². The maximum Gasteiger partial charge on any atom is 0.416 e. The second kappa shape index (κ2) is 11.7. The average molecular weight is 580 g/mol. The van der Waals surface area contributed by atoms with E-state index in [1.807, 2.05) is 9.80 Å². The minimum atomic E-state index is -4.48. The van der Waals surface area contributed by atoms with E-state index in [9.17, 15) is 27.9 Å². The van der Waals surface area contributed by atoms with Gasteiger partial charge >= 0.3 is 12.1 Å². The summed E-state index contributed by atoms with van der Waals surface area (Å²) < 4.78 is 46.8. The summed E-state index contributed by atoms with van der Waals surface area (Å²) >= 11 is 0. The van der Waals surface area contributed by atoms with Crippen LogP contribution in [0.5, 0.6) is 0 Å². The maximum absolute atomic E-state index is 14.3. The lowest BCUT2D eigenvalue weighted by atomic mass is 9.79. The molecular weight excluding hydrogens is 535 g/mol. The number of nitrogens with zero attached hydrogens (tertiary/aromatic N) is 3. The van der Waals surface area contributed by atoms with E-state index in [1.165, 1.54) is 31.7 Å². The molecule has 1 aromatic rings. The Balaban J connectivity index is 1.41. The number of carboxylic acid groups (broad SMARTS) is 1. The van der Waals surface area contributed by atoms with Crippen LogP contribution in [0.2, 0.25) is 0 Å². The average Bonchev–Trinajstić information content (AvgIpc) is 3.68. The van der Waals surface area contributed by atoms with Crippen molar-refractivity contribution in [2.75, 3.05) is 51.3 Å². The molecule has 5 rings (SSSR count). The van der Waals surface area contributed by atoms with E-state index < -0.39 is 29.0 Å². The fourth-order valence-electron chi connectivity index (χ4n) is 7.80. The predicted octanol–water partition coefficient (Wildman–Crippen LogP) is 5.24. The molecule has 0 unspecified atom stereocenters. The van der Waals surface area contributed by atoms with Gasteiger partial charge in [-0.25, -0.2) is 0 Å². The number of methoxy groups -OCH3 is 1. The van der Waals surface area contributed by atoms with Crippen LogP contribution in [0.1, 0.15) is 75.8 Å². The van der Waals surface area contributed by atoms with Gasteiger partial charge in [0.05, 0.1) is 29.5 Å². The van der Waals surface area contributed by atoms with Crippen LogP contribution in [0, 0.1) is 17.3 Å². The fraction of sp³-hybridized carbons (Fsp3) is 0.742. The summed E-state index contributed by atoms with van der Waals surface area (Å²) in [5, 5.41) is 9.42. The maximum atomic E-state index is 14.3. The largest absolute Gasteiger partial charge is 0.481 e. The van der Waals surface area contributed by atoms with E-state index in [4.69, 9.17) is 4.74 Å². The van der Waals surface area contributed by atoms with E-state index >= 15 is 0 Å². The molecule has 0 radical (unpaired) electrons. The summed E-state index contributed by atoms with van der Waals surface area (Å²) in [5.74, 6) is -1.16. The number of alkyl halides is 3. The number of carbonyl (C=O) groups excluding carboxylic acids is 1. The topological polar surface area (TPSA) is 73.3 Å². The highest BCUT2D eigenvalue weighted by atomic mass is 19.4. The second-order valence-corrected chi connectivity index (χ2v) is 13.1. The number of piperidine rings is 1. The van der Waals surface area contributed by atoms with Crippen LogP contribution in [0.3, 0.4) is 0 Å². The lowest BCUT2D eigenvalue weighted by molar-refractivity contribution is -0.144. The first-order chi connectivity index (χ1) is 19.4. The first kappa shape index (κ1) is 30.1. The molecule has 1 saturated carbocycles. The van der Waals surface area contributed by atoms with Crippen LogP contribution in [-0.2, 0) is 20.5 Å². The highest BCUT2D eigenvalue weighted by Gasteiger charge is 2.52. The summed E-state index contributed by atoms with van der Waals surface area (Å²) in [6, 6.07) is 4.32. The van der Waals surface area contributed by atoms with Gasteiger partial charge in [-0.3, -0.25) is 14.5 Å². The molecule has 1 N–H and O–H groups in total. The molecule has 3 aliphatic heterocycles. The molecule has 0 spiro atoms. The van der Waals surface area contributed by atoms with E-state index in [2.05, 4.69) is 18.7 Å². The number of aliphatic carboxylic acids is 1. The summed E-state index contributed by atoms with van der Waals surface area (Å²) in [6.07, 6.45) is 1.77. The Morgan fingerprint density at radius 3 is 2.39 bits per heavy atom. The highest BCUT2D eigenvalue weighted by Crippen LogP contribution is 2.45. The molecule has 0 bridgehead atoms. The third-order valence-corrected chi connectivity index (χ3v) is 10.5. The number of likely N-dealkylation sites (tertiary alicyclic amines) is 2. The Labute approximate surface area is 241 Å². The van der Waals surface area contributed by atoms with Crippen molar-refractivity contribution in [3.8, 4) is 0 Å². The van der Waals surface area contributed by atoms with Crippen LogP contribution in [0.15, 0.2) is 18.2 Å². The number of amides is 1. The molecule has 10 heteroatoms. The first-order valence-corrected chi connectivity index (χ1v) is 15.1. The number of halogens is 3. The van der Waals surface area contributed by atoms with Gasteiger partial charge in [-0.05, 0) is 62.6 Å². The molecule has 1 amide bonds. The molecule has 1 aliphatic carbocycles. The number of benzene rings is 1. The van der Waals surface area contributed by atoms with Crippen LogP contribution >= 0.6 is 0 Å². The van der Waals surface area contributed by atoms with Crippen LogP contribution in [0.25, 0.3) is 0 Å². The van der Waals surface area contributed by atoms with Crippen molar-refractivity contribution in [1.82, 2.24) is 9.80 Å². The van der Waals surface area contributed by atoms with Crippen molar-refractivity contribution in [3.63, 3.8) is 0 Å². The smallest absolute Gasteiger partial charge is 0.416 e. The molecule has 41 heavy (non-hydrogen) atoms. The van der Waals surface area contributed by atoms with Crippen molar-refractivity contribution >= 4 is 17.6 Å². The molecule has 4 fully saturated rings. The van der Waals surface area contributed by atoms with Crippen LogP contribution < -0.4 is 4.90 Å². The number of hydrogen-bond donors (Lipinski definition) is 1. The zero-order valence-electron chi connectivity index (χ0n) is 24.5. The van der Waals surface area contributed by atoms with Gasteiger partial charge in [0.15, 0.2) is 0 Å². The monoisotopic (exact) mass is 579 g/mol. The van der Waals surface area contributed by atoms with Crippen molar-refractivity contribution < 1.29 is 32.6 Å². The Morgan fingerprint density at radius 1 is 1.10 bits per heavy atom. The first-order valence-electron chi connectivity index (χ1n) is 15.1. The normalized spacial score (nSPS) is 30.4. The van der Waals surface area contributed by atoms with Crippen molar-refractivity contribution in [2.24, 2.45) is 17.3 Å². The van der Waals surface area contributed by atoms with Gasteiger partial charge in [0.1, 0.15) is 0 Å². The lowest BCUT2D eigenvalue weighted by Crippen LogP contribution is -2.49. The molecule has 1 aromatic carbocycles. The number of hydrogen-bond acceptors (Lipinski definition) is 5.